The molecule has 0 aliphatic carbocycles. The number of carbonyl (C=O) groups is 3. The minimum Gasteiger partial charge on any atom is -0.494 e. The van der Waals surface area contributed by atoms with Crippen LogP contribution in [0.3, 0.4) is 0 Å². The van der Waals surface area contributed by atoms with Crippen LogP contribution >= 0.6 is 23.2 Å². The van der Waals surface area contributed by atoms with Crippen LogP contribution in [0.15, 0.2) is 53.5 Å². The molecule has 0 spiro atoms. The third-order valence-electron chi connectivity index (χ3n) is 5.08. The Morgan fingerprint density at radius 3 is 2.29 bits per heavy atom. The first-order valence-corrected chi connectivity index (χ1v) is 11.1. The lowest BCUT2D eigenvalue weighted by Gasteiger charge is -2.16. The third kappa shape index (κ3) is 6.06. The van der Waals surface area contributed by atoms with Crippen molar-refractivity contribution in [1.29, 1.82) is 0 Å². The lowest BCUT2D eigenvalue weighted by Crippen LogP contribution is -2.42. The van der Waals surface area contributed by atoms with Crippen molar-refractivity contribution in [2.45, 2.75) is 25.9 Å². The Bertz CT molecular complexity index is 1320. The average Bonchev–Trinajstić information content (AvgIpc) is 2.80. The van der Waals surface area contributed by atoms with Gasteiger partial charge in [-0.05, 0) is 30.2 Å². The fourth-order valence-corrected chi connectivity index (χ4v) is 3.98. The number of rotatable bonds is 9. The zero-order chi connectivity index (χ0) is 25.7. The van der Waals surface area contributed by atoms with Crippen molar-refractivity contribution in [3.05, 3.63) is 80.2 Å². The highest BCUT2D eigenvalue weighted by Crippen LogP contribution is 2.27. The van der Waals surface area contributed by atoms with E-state index in [1.165, 1.54) is 32.4 Å². The van der Waals surface area contributed by atoms with Gasteiger partial charge in [0, 0.05) is 6.42 Å². The van der Waals surface area contributed by atoms with Gasteiger partial charge >= 0.3 is 5.97 Å². The lowest BCUT2D eigenvalue weighted by atomic mass is 10.0. The molecule has 0 unspecified atom stereocenters. The number of Topliss-reactive ketones (excluding diaryl/α,β-unsaturated/α-hetero) is 1. The van der Waals surface area contributed by atoms with Crippen LogP contribution in [0.4, 0.5) is 0 Å². The van der Waals surface area contributed by atoms with Gasteiger partial charge < -0.3 is 15.2 Å². The summed E-state index contributed by atoms with van der Waals surface area (Å²) in [7, 11) is 1.40. The number of benzene rings is 2. The van der Waals surface area contributed by atoms with E-state index < -0.39 is 23.5 Å². The van der Waals surface area contributed by atoms with Gasteiger partial charge in [-0.25, -0.2) is 9.48 Å². The number of nitrogens with zero attached hydrogens (tertiary/aromatic N) is 2. The maximum absolute atomic E-state index is 12.9. The molecule has 1 amide bonds. The summed E-state index contributed by atoms with van der Waals surface area (Å²) in [6.45, 7) is 1.17. The molecule has 3 aromatic rings. The first-order chi connectivity index (χ1) is 16.6. The van der Waals surface area contributed by atoms with E-state index >= 15 is 0 Å². The summed E-state index contributed by atoms with van der Waals surface area (Å²) >= 11 is 12.1. The molecule has 0 saturated heterocycles. The van der Waals surface area contributed by atoms with Crippen molar-refractivity contribution in [3.8, 4) is 16.9 Å². The van der Waals surface area contributed by atoms with Crippen LogP contribution in [0.5, 0.6) is 5.75 Å². The van der Waals surface area contributed by atoms with E-state index in [0.29, 0.717) is 11.1 Å². The molecule has 0 fully saturated rings. The van der Waals surface area contributed by atoms with Gasteiger partial charge in [0.2, 0.25) is 0 Å². The van der Waals surface area contributed by atoms with E-state index in [9.17, 15) is 24.3 Å². The summed E-state index contributed by atoms with van der Waals surface area (Å²) in [4.78, 5) is 48.7. The molecule has 11 heteroatoms. The number of methoxy groups -OCH3 is 1. The third-order valence-corrected chi connectivity index (χ3v) is 5.71. The Kier molecular flexibility index (Phi) is 8.26. The minimum absolute atomic E-state index is 0.0101. The van der Waals surface area contributed by atoms with Gasteiger partial charge in [-0.3, -0.25) is 14.4 Å². The molecule has 0 aliphatic heterocycles. The highest BCUT2D eigenvalue weighted by Gasteiger charge is 2.24. The maximum Gasteiger partial charge on any atom is 0.326 e. The van der Waals surface area contributed by atoms with Crippen molar-refractivity contribution in [2.75, 3.05) is 7.11 Å². The first kappa shape index (κ1) is 25.9. The molecule has 2 N–H and O–H groups in total. The summed E-state index contributed by atoms with van der Waals surface area (Å²) in [5, 5.41) is 16.2. The van der Waals surface area contributed by atoms with E-state index in [0.717, 1.165) is 4.68 Å². The molecule has 0 saturated carbocycles. The number of hydrogen-bond acceptors (Lipinski definition) is 6. The van der Waals surface area contributed by atoms with Gasteiger partial charge in [-0.2, -0.15) is 5.10 Å². The topological polar surface area (TPSA) is 128 Å². The summed E-state index contributed by atoms with van der Waals surface area (Å²) in [6, 6.07) is 9.79. The molecule has 0 radical (unpaired) electrons. The molecule has 3 rings (SSSR count). The van der Waals surface area contributed by atoms with E-state index in [1.807, 2.05) is 0 Å². The van der Waals surface area contributed by atoms with Crippen LogP contribution < -0.4 is 15.6 Å². The van der Waals surface area contributed by atoms with E-state index in [2.05, 4.69) is 10.4 Å². The van der Waals surface area contributed by atoms with Crippen molar-refractivity contribution >= 4 is 40.9 Å². The number of hydrogen-bond donors (Lipinski definition) is 2. The minimum atomic E-state index is -1.26. The summed E-state index contributed by atoms with van der Waals surface area (Å²) in [6.07, 6.45) is 1.31. The number of ether oxygens (including phenoxy) is 1. The van der Waals surface area contributed by atoms with Crippen molar-refractivity contribution in [2.24, 2.45) is 0 Å². The molecule has 2 aromatic carbocycles. The van der Waals surface area contributed by atoms with Crippen LogP contribution in [0.1, 0.15) is 22.8 Å². The van der Waals surface area contributed by atoms with Crippen molar-refractivity contribution in [3.63, 3.8) is 0 Å². The maximum atomic E-state index is 12.9. The highest BCUT2D eigenvalue weighted by molar-refractivity contribution is 6.39. The standard InChI is InChI=1S/C24H21Cl2N3O6/c1-13(30)12-29-23(32)20(19(35-2)11-27-29)15-8-6-14(7-9-15)10-18(24(33)34)28-22(31)21-16(25)4-3-5-17(21)26/h3-9,11,18H,10,12H2,1-2H3,(H,28,31)(H,33,34)/t18-/m0/s1. The molecular weight excluding hydrogens is 497 g/mol. The number of aliphatic carboxylic acids is 1. The number of nitrogens with one attached hydrogen (secondary N) is 1. The van der Waals surface area contributed by atoms with Gasteiger partial charge in [0.1, 0.15) is 12.6 Å². The smallest absolute Gasteiger partial charge is 0.326 e. The molecule has 182 valence electrons. The molecule has 35 heavy (non-hydrogen) atoms. The SMILES string of the molecule is COc1cnn(CC(C)=O)c(=O)c1-c1ccc(C[C@H](NC(=O)c2c(Cl)cccc2Cl)C(=O)O)cc1. The van der Waals surface area contributed by atoms with Crippen molar-refractivity contribution in [1.82, 2.24) is 15.1 Å². The average molecular weight is 518 g/mol. The second-order valence-electron chi connectivity index (χ2n) is 7.61. The molecule has 1 heterocycles. The number of halogens is 2. The predicted molar refractivity (Wildman–Crippen MR) is 130 cm³/mol. The quantitative estimate of drug-likeness (QED) is 0.445. The second kappa shape index (κ2) is 11.2. The Morgan fingerprint density at radius 1 is 1.11 bits per heavy atom. The zero-order valence-electron chi connectivity index (χ0n) is 18.7. The first-order valence-electron chi connectivity index (χ1n) is 10.3. The number of carboxylic acid groups (broad SMARTS) is 1. The normalized spacial score (nSPS) is 11.5. The number of ketones is 1. The Hall–Kier alpha value is -3.69. The molecule has 1 atom stereocenters. The molecular formula is C24H21Cl2N3O6. The highest BCUT2D eigenvalue weighted by atomic mass is 35.5. The fraction of sp³-hybridized carbons (Fsp3) is 0.208. The van der Waals surface area contributed by atoms with Gasteiger partial charge in [0.05, 0.1) is 34.5 Å². The Labute approximate surface area is 210 Å². The number of amides is 1. The van der Waals surface area contributed by atoms with Crippen LogP contribution in [-0.2, 0) is 22.6 Å². The monoisotopic (exact) mass is 517 g/mol. The van der Waals surface area contributed by atoms with Gasteiger partial charge in [0.15, 0.2) is 11.5 Å². The van der Waals surface area contributed by atoms with Gasteiger partial charge in [0.25, 0.3) is 11.5 Å². The van der Waals surface area contributed by atoms with Gasteiger partial charge in [-0.15, -0.1) is 0 Å². The Balaban J connectivity index is 1.85. The predicted octanol–water partition coefficient (Wildman–Crippen LogP) is 3.24. The number of carbonyl (C=O) groups excluding carboxylic acids is 2. The fourth-order valence-electron chi connectivity index (χ4n) is 3.41. The summed E-state index contributed by atoms with van der Waals surface area (Å²) < 4.78 is 6.31. The summed E-state index contributed by atoms with van der Waals surface area (Å²) in [5.74, 6) is -1.95. The van der Waals surface area contributed by atoms with Crippen LogP contribution in [0, 0.1) is 0 Å². The van der Waals surface area contributed by atoms with E-state index in [4.69, 9.17) is 27.9 Å². The second-order valence-corrected chi connectivity index (χ2v) is 8.43. The van der Waals surface area contributed by atoms with E-state index in [1.54, 1.807) is 30.3 Å². The van der Waals surface area contributed by atoms with Crippen LogP contribution in [-0.4, -0.2) is 45.7 Å². The lowest BCUT2D eigenvalue weighted by molar-refractivity contribution is -0.139. The van der Waals surface area contributed by atoms with Gasteiger partial charge in [-0.1, -0.05) is 53.5 Å². The zero-order valence-corrected chi connectivity index (χ0v) is 20.3. The molecule has 0 aliphatic rings. The number of carboxylic acids is 1. The number of aromatic nitrogens is 2. The summed E-state index contributed by atoms with van der Waals surface area (Å²) in [5.41, 5.74) is 0.785. The van der Waals surface area contributed by atoms with Crippen molar-refractivity contribution < 1.29 is 24.2 Å². The van der Waals surface area contributed by atoms with E-state index in [-0.39, 0.29) is 45.7 Å². The molecule has 0 bridgehead atoms. The molecule has 9 nitrogen and oxygen atoms in total. The largest absolute Gasteiger partial charge is 0.494 e. The van der Waals surface area contributed by atoms with Crippen LogP contribution in [0.2, 0.25) is 10.0 Å². The Morgan fingerprint density at radius 2 is 1.74 bits per heavy atom. The van der Waals surface area contributed by atoms with Crippen LogP contribution in [0.25, 0.3) is 11.1 Å². The molecule has 1 aromatic heterocycles.